The van der Waals surface area contributed by atoms with Crippen molar-refractivity contribution in [2.75, 3.05) is 18.0 Å². The van der Waals surface area contributed by atoms with Crippen LogP contribution in [0.25, 0.3) is 11.3 Å². The van der Waals surface area contributed by atoms with Gasteiger partial charge in [-0.15, -0.1) is 0 Å². The molecule has 23 heavy (non-hydrogen) atoms. The standard InChI is InChI=1S/C17H20ClN5/c1-11(2)22-9-14-8-13(22)10-23(14)17-20-6-4-15(21-17)12-3-5-19-16(18)7-12/h3-7,11,13-14H,8-10H2,1-2H3. The van der Waals surface area contributed by atoms with Crippen molar-refractivity contribution in [2.45, 2.75) is 38.4 Å². The Morgan fingerprint density at radius 2 is 1.96 bits per heavy atom. The van der Waals surface area contributed by atoms with Crippen molar-refractivity contribution in [3.05, 3.63) is 35.7 Å². The normalized spacial score (nSPS) is 23.9. The van der Waals surface area contributed by atoms with Crippen molar-refractivity contribution >= 4 is 17.5 Å². The summed E-state index contributed by atoms with van der Waals surface area (Å²) in [4.78, 5) is 18.2. The van der Waals surface area contributed by atoms with Crippen LogP contribution in [0.3, 0.4) is 0 Å². The van der Waals surface area contributed by atoms with Crippen LogP contribution in [-0.2, 0) is 0 Å². The average molecular weight is 330 g/mol. The molecule has 0 amide bonds. The molecule has 2 saturated heterocycles. The molecule has 0 N–H and O–H groups in total. The number of likely N-dealkylation sites (tertiary alicyclic amines) is 1. The molecule has 6 heteroatoms. The van der Waals surface area contributed by atoms with Crippen LogP contribution in [0.15, 0.2) is 30.6 Å². The first-order chi connectivity index (χ1) is 11.1. The van der Waals surface area contributed by atoms with Crippen LogP contribution in [0.2, 0.25) is 5.15 Å². The summed E-state index contributed by atoms with van der Waals surface area (Å²) in [7, 11) is 0. The number of pyridine rings is 1. The zero-order valence-electron chi connectivity index (χ0n) is 13.4. The van der Waals surface area contributed by atoms with Crippen LogP contribution in [0.4, 0.5) is 5.95 Å². The largest absolute Gasteiger partial charge is 0.335 e. The van der Waals surface area contributed by atoms with Crippen LogP contribution >= 0.6 is 11.6 Å². The van der Waals surface area contributed by atoms with E-state index in [9.17, 15) is 0 Å². The minimum Gasteiger partial charge on any atom is -0.335 e. The molecule has 2 aliphatic rings. The van der Waals surface area contributed by atoms with E-state index in [4.69, 9.17) is 16.6 Å². The van der Waals surface area contributed by atoms with E-state index in [2.05, 4.69) is 33.6 Å². The maximum atomic E-state index is 5.99. The van der Waals surface area contributed by atoms with Crippen LogP contribution < -0.4 is 4.90 Å². The third-order valence-electron chi connectivity index (χ3n) is 4.87. The highest BCUT2D eigenvalue weighted by molar-refractivity contribution is 6.29. The number of fused-ring (bicyclic) bond motifs is 2. The van der Waals surface area contributed by atoms with Gasteiger partial charge in [0.05, 0.1) is 5.69 Å². The smallest absolute Gasteiger partial charge is 0.226 e. The van der Waals surface area contributed by atoms with E-state index in [-0.39, 0.29) is 0 Å². The van der Waals surface area contributed by atoms with Gasteiger partial charge in [0.1, 0.15) is 5.15 Å². The predicted octanol–water partition coefficient (Wildman–Crippen LogP) is 2.86. The van der Waals surface area contributed by atoms with Gasteiger partial charge in [-0.2, -0.15) is 0 Å². The molecule has 4 rings (SSSR count). The summed E-state index contributed by atoms with van der Waals surface area (Å²) in [6, 6.07) is 7.45. The first kappa shape index (κ1) is 14.8. The topological polar surface area (TPSA) is 45.2 Å². The second kappa shape index (κ2) is 5.73. The number of aromatic nitrogens is 3. The third kappa shape index (κ3) is 2.68. The Bertz CT molecular complexity index is 720. The molecule has 0 radical (unpaired) electrons. The zero-order valence-corrected chi connectivity index (χ0v) is 14.1. The Morgan fingerprint density at radius 1 is 1.13 bits per heavy atom. The van der Waals surface area contributed by atoms with Crippen molar-refractivity contribution in [3.8, 4) is 11.3 Å². The van der Waals surface area contributed by atoms with Gasteiger partial charge in [0.15, 0.2) is 0 Å². The average Bonchev–Trinajstić information content (AvgIpc) is 3.15. The van der Waals surface area contributed by atoms with Gasteiger partial charge >= 0.3 is 0 Å². The third-order valence-corrected chi connectivity index (χ3v) is 5.08. The monoisotopic (exact) mass is 329 g/mol. The number of halogens is 1. The van der Waals surface area contributed by atoms with Crippen LogP contribution in [0.1, 0.15) is 20.3 Å². The molecule has 0 spiro atoms. The Labute approximate surface area is 141 Å². The van der Waals surface area contributed by atoms with E-state index in [1.807, 2.05) is 24.4 Å². The molecule has 2 unspecified atom stereocenters. The number of hydrogen-bond donors (Lipinski definition) is 0. The summed E-state index contributed by atoms with van der Waals surface area (Å²) in [6.45, 7) is 6.67. The lowest BCUT2D eigenvalue weighted by atomic mass is 10.2. The van der Waals surface area contributed by atoms with E-state index in [1.54, 1.807) is 6.20 Å². The van der Waals surface area contributed by atoms with Crippen LogP contribution in [0.5, 0.6) is 0 Å². The van der Waals surface area contributed by atoms with Gasteiger partial charge in [0, 0.05) is 49.2 Å². The van der Waals surface area contributed by atoms with E-state index in [1.165, 1.54) is 6.42 Å². The van der Waals surface area contributed by atoms with Gasteiger partial charge in [0.2, 0.25) is 5.95 Å². The summed E-state index contributed by atoms with van der Waals surface area (Å²) in [5.74, 6) is 0.825. The highest BCUT2D eigenvalue weighted by Crippen LogP contribution is 2.34. The molecule has 2 atom stereocenters. The van der Waals surface area contributed by atoms with Gasteiger partial charge in [-0.1, -0.05) is 11.6 Å². The van der Waals surface area contributed by atoms with Gasteiger partial charge in [-0.05, 0) is 38.5 Å². The molecule has 2 aliphatic heterocycles. The van der Waals surface area contributed by atoms with Crippen LogP contribution in [0, 0.1) is 0 Å². The van der Waals surface area contributed by atoms with Crippen molar-refractivity contribution in [3.63, 3.8) is 0 Å². The maximum absolute atomic E-state index is 5.99. The first-order valence-electron chi connectivity index (χ1n) is 8.09. The quantitative estimate of drug-likeness (QED) is 0.810. The Morgan fingerprint density at radius 3 is 2.65 bits per heavy atom. The maximum Gasteiger partial charge on any atom is 0.226 e. The minimum absolute atomic E-state index is 0.482. The summed E-state index contributed by atoms with van der Waals surface area (Å²) < 4.78 is 0. The van der Waals surface area contributed by atoms with Crippen LogP contribution in [-0.4, -0.2) is 51.1 Å². The second-order valence-electron chi connectivity index (χ2n) is 6.60. The van der Waals surface area contributed by atoms with E-state index in [0.29, 0.717) is 23.3 Å². The molecule has 2 aromatic rings. The lowest BCUT2D eigenvalue weighted by Gasteiger charge is -2.36. The molecule has 2 fully saturated rings. The van der Waals surface area contributed by atoms with E-state index >= 15 is 0 Å². The first-order valence-corrected chi connectivity index (χ1v) is 8.47. The second-order valence-corrected chi connectivity index (χ2v) is 6.98. The van der Waals surface area contributed by atoms with E-state index in [0.717, 1.165) is 30.3 Å². The number of rotatable bonds is 3. The number of piperazine rings is 1. The molecular weight excluding hydrogens is 310 g/mol. The summed E-state index contributed by atoms with van der Waals surface area (Å²) in [6.07, 6.45) is 4.75. The summed E-state index contributed by atoms with van der Waals surface area (Å²) in [5.41, 5.74) is 1.87. The molecule has 0 aromatic carbocycles. The molecule has 2 aromatic heterocycles. The molecule has 4 heterocycles. The van der Waals surface area contributed by atoms with Crippen molar-refractivity contribution in [1.82, 2.24) is 19.9 Å². The summed E-state index contributed by atoms with van der Waals surface area (Å²) in [5, 5.41) is 0.482. The highest BCUT2D eigenvalue weighted by Gasteiger charge is 2.44. The lowest BCUT2D eigenvalue weighted by molar-refractivity contribution is 0.190. The number of hydrogen-bond acceptors (Lipinski definition) is 5. The highest BCUT2D eigenvalue weighted by atomic mass is 35.5. The van der Waals surface area contributed by atoms with Crippen molar-refractivity contribution < 1.29 is 0 Å². The minimum atomic E-state index is 0.482. The fourth-order valence-electron chi connectivity index (χ4n) is 3.78. The summed E-state index contributed by atoms with van der Waals surface area (Å²) >= 11 is 5.99. The zero-order chi connectivity index (χ0) is 16.0. The SMILES string of the molecule is CC(C)N1CC2CC1CN2c1nccc(-c2ccnc(Cl)c2)n1. The van der Waals surface area contributed by atoms with Crippen molar-refractivity contribution in [2.24, 2.45) is 0 Å². The fraction of sp³-hybridized carbons (Fsp3) is 0.471. The lowest BCUT2D eigenvalue weighted by Crippen LogP contribution is -2.49. The van der Waals surface area contributed by atoms with Gasteiger partial charge < -0.3 is 4.90 Å². The van der Waals surface area contributed by atoms with Gasteiger partial charge in [-0.25, -0.2) is 15.0 Å². The Kier molecular flexibility index (Phi) is 3.70. The molecule has 120 valence electrons. The number of nitrogens with zero attached hydrogens (tertiary/aromatic N) is 5. The molecule has 5 nitrogen and oxygen atoms in total. The van der Waals surface area contributed by atoms with Gasteiger partial charge in [0.25, 0.3) is 0 Å². The van der Waals surface area contributed by atoms with E-state index < -0.39 is 0 Å². The van der Waals surface area contributed by atoms with Gasteiger partial charge in [-0.3, -0.25) is 4.90 Å². The Balaban J connectivity index is 1.59. The fourth-order valence-corrected chi connectivity index (χ4v) is 3.96. The van der Waals surface area contributed by atoms with Crippen molar-refractivity contribution in [1.29, 1.82) is 0 Å². The molecule has 0 aliphatic carbocycles. The molecule has 2 bridgehead atoms. The predicted molar refractivity (Wildman–Crippen MR) is 91.7 cm³/mol. The molecule has 0 saturated carbocycles. The number of anilines is 1. The Hall–Kier alpha value is -1.72. The molecular formula is C17H20ClN5.